The van der Waals surface area contributed by atoms with Gasteiger partial charge in [0.15, 0.2) is 0 Å². The minimum atomic E-state index is -3.39. The molecule has 0 saturated heterocycles. The van der Waals surface area contributed by atoms with Crippen molar-refractivity contribution in [2.75, 3.05) is 18.1 Å². The van der Waals surface area contributed by atoms with Crippen molar-refractivity contribution >= 4 is 33.3 Å². The lowest BCUT2D eigenvalue weighted by Gasteiger charge is -2.12. The molecule has 0 spiro atoms. The summed E-state index contributed by atoms with van der Waals surface area (Å²) < 4.78 is 36.6. The summed E-state index contributed by atoms with van der Waals surface area (Å²) >= 11 is 0. The highest BCUT2D eigenvalue weighted by Gasteiger charge is 2.21. The molecule has 1 N–H and O–H groups in total. The van der Waals surface area contributed by atoms with Gasteiger partial charge in [-0.2, -0.15) is 0 Å². The topological polar surface area (TPSA) is 81.7 Å². The molecular weight excluding hydrogens is 414 g/mol. The number of nitrogens with one attached hydrogen (secondary N) is 1. The van der Waals surface area contributed by atoms with E-state index in [1.165, 1.54) is 7.11 Å². The third-order valence-corrected chi connectivity index (χ3v) is 5.49. The first-order valence-corrected chi connectivity index (χ1v) is 11.5. The van der Waals surface area contributed by atoms with Crippen LogP contribution in [-0.4, -0.2) is 27.8 Å². The Morgan fingerprint density at radius 2 is 1.84 bits per heavy atom. The van der Waals surface area contributed by atoms with E-state index in [1.807, 2.05) is 36.4 Å². The first-order chi connectivity index (χ1) is 14.8. The van der Waals surface area contributed by atoms with E-state index in [4.69, 9.17) is 9.47 Å². The zero-order chi connectivity index (χ0) is 22.0. The molecule has 7 heteroatoms. The van der Waals surface area contributed by atoms with E-state index in [0.717, 1.165) is 34.1 Å². The highest BCUT2D eigenvalue weighted by Crippen LogP contribution is 2.38. The molecule has 31 heavy (non-hydrogen) atoms. The minimum Gasteiger partial charge on any atom is -0.488 e. The molecule has 1 aliphatic heterocycles. The number of esters is 1. The lowest BCUT2D eigenvalue weighted by Crippen LogP contribution is -2.09. The molecule has 0 aromatic heterocycles. The molecule has 4 rings (SSSR count). The third-order valence-electron chi connectivity index (χ3n) is 4.88. The fourth-order valence-corrected chi connectivity index (χ4v) is 4.10. The minimum absolute atomic E-state index is 0.397. The zero-order valence-electron chi connectivity index (χ0n) is 17.1. The van der Waals surface area contributed by atoms with Gasteiger partial charge >= 0.3 is 5.97 Å². The number of carbonyl (C=O) groups is 1. The molecule has 6 nitrogen and oxygen atoms in total. The molecule has 0 unspecified atom stereocenters. The molecule has 0 aliphatic carbocycles. The second-order valence-corrected chi connectivity index (χ2v) is 8.95. The maximum atomic E-state index is 12.1. The van der Waals surface area contributed by atoms with Gasteiger partial charge in [0.1, 0.15) is 12.4 Å². The number of rotatable bonds is 4. The van der Waals surface area contributed by atoms with Gasteiger partial charge in [0.2, 0.25) is 10.0 Å². The third kappa shape index (κ3) is 4.62. The standard InChI is InChI=1S/C24H21NO5S/c1-29-24(26)17-10-11-23-22(14-17)21(20-9-4-3-7-18(20)15-30-23)13-16-6-5-8-19(12-16)25-31(2,27)28/h3-14,25H,15H2,1-2H3/b21-13-. The van der Waals surface area contributed by atoms with Crippen LogP contribution in [0.2, 0.25) is 0 Å². The Hall–Kier alpha value is -3.58. The fourth-order valence-electron chi connectivity index (χ4n) is 3.55. The summed E-state index contributed by atoms with van der Waals surface area (Å²) in [5.74, 6) is 0.222. The lowest BCUT2D eigenvalue weighted by molar-refractivity contribution is 0.0600. The normalized spacial score (nSPS) is 14.1. The average molecular weight is 436 g/mol. The maximum Gasteiger partial charge on any atom is 0.337 e. The van der Waals surface area contributed by atoms with Crippen LogP contribution in [-0.2, 0) is 21.4 Å². The van der Waals surface area contributed by atoms with Crippen molar-refractivity contribution in [1.82, 2.24) is 0 Å². The van der Waals surface area contributed by atoms with Crippen molar-refractivity contribution in [2.24, 2.45) is 0 Å². The van der Waals surface area contributed by atoms with E-state index in [9.17, 15) is 13.2 Å². The van der Waals surface area contributed by atoms with E-state index in [-0.39, 0.29) is 0 Å². The molecular formula is C24H21NO5S. The number of anilines is 1. The van der Waals surface area contributed by atoms with E-state index in [2.05, 4.69) is 4.72 Å². The molecule has 1 heterocycles. The second-order valence-electron chi connectivity index (χ2n) is 7.21. The van der Waals surface area contributed by atoms with Crippen LogP contribution < -0.4 is 9.46 Å². The molecule has 3 aromatic carbocycles. The SMILES string of the molecule is COC(=O)c1ccc2c(c1)/C(=C\c1cccc(NS(C)(=O)=O)c1)c1ccccc1CO2. The van der Waals surface area contributed by atoms with Crippen molar-refractivity contribution in [1.29, 1.82) is 0 Å². The summed E-state index contributed by atoms with van der Waals surface area (Å²) in [6.07, 6.45) is 3.07. The van der Waals surface area contributed by atoms with Crippen LogP contribution in [0.15, 0.2) is 66.7 Å². The van der Waals surface area contributed by atoms with Crippen molar-refractivity contribution < 1.29 is 22.7 Å². The first kappa shape index (κ1) is 20.7. The number of sulfonamides is 1. The predicted octanol–water partition coefficient (Wildman–Crippen LogP) is 4.33. The molecule has 0 atom stereocenters. The van der Waals surface area contributed by atoms with Crippen LogP contribution in [0.3, 0.4) is 0 Å². The molecule has 0 amide bonds. The van der Waals surface area contributed by atoms with Gasteiger partial charge in [-0.25, -0.2) is 13.2 Å². The Bertz CT molecular complexity index is 1290. The van der Waals surface area contributed by atoms with Crippen LogP contribution in [0, 0.1) is 0 Å². The van der Waals surface area contributed by atoms with Crippen LogP contribution >= 0.6 is 0 Å². The Balaban J connectivity index is 1.90. The fraction of sp³-hybridized carbons (Fsp3) is 0.125. The summed E-state index contributed by atoms with van der Waals surface area (Å²) in [4.78, 5) is 12.1. The monoisotopic (exact) mass is 435 g/mol. The van der Waals surface area contributed by atoms with Crippen LogP contribution in [0.4, 0.5) is 5.69 Å². The van der Waals surface area contributed by atoms with Gasteiger partial charge < -0.3 is 9.47 Å². The summed E-state index contributed by atoms with van der Waals surface area (Å²) in [6, 6.07) is 20.2. The number of hydrogen-bond donors (Lipinski definition) is 1. The molecule has 0 saturated carbocycles. The first-order valence-electron chi connectivity index (χ1n) is 9.57. The van der Waals surface area contributed by atoms with Gasteiger partial charge in [0.05, 0.1) is 18.9 Å². The van der Waals surface area contributed by atoms with Crippen LogP contribution in [0.25, 0.3) is 11.6 Å². The molecule has 3 aromatic rings. The number of fused-ring (bicyclic) bond motifs is 2. The quantitative estimate of drug-likeness (QED) is 0.617. The molecule has 0 bridgehead atoms. The molecule has 0 radical (unpaired) electrons. The van der Waals surface area contributed by atoms with Crippen LogP contribution in [0.5, 0.6) is 5.75 Å². The summed E-state index contributed by atoms with van der Waals surface area (Å²) in [5.41, 5.74) is 5.30. The Kier molecular flexibility index (Phi) is 5.52. The van der Waals surface area contributed by atoms with E-state index >= 15 is 0 Å². The number of carbonyl (C=O) groups excluding carboxylic acids is 1. The predicted molar refractivity (Wildman–Crippen MR) is 120 cm³/mol. The zero-order valence-corrected chi connectivity index (χ0v) is 17.9. The van der Waals surface area contributed by atoms with Gasteiger partial charge in [0.25, 0.3) is 0 Å². The van der Waals surface area contributed by atoms with Crippen molar-refractivity contribution in [3.05, 3.63) is 94.5 Å². The lowest BCUT2D eigenvalue weighted by atomic mass is 9.91. The Labute approximate surface area is 181 Å². The van der Waals surface area contributed by atoms with Gasteiger partial charge in [-0.1, -0.05) is 36.4 Å². The van der Waals surface area contributed by atoms with Gasteiger partial charge in [-0.15, -0.1) is 0 Å². The van der Waals surface area contributed by atoms with Crippen molar-refractivity contribution in [3.63, 3.8) is 0 Å². The highest BCUT2D eigenvalue weighted by atomic mass is 32.2. The van der Waals surface area contributed by atoms with Crippen molar-refractivity contribution in [2.45, 2.75) is 6.61 Å². The van der Waals surface area contributed by atoms with E-state index in [1.54, 1.807) is 36.4 Å². The van der Waals surface area contributed by atoms with E-state index < -0.39 is 16.0 Å². The number of ether oxygens (including phenoxy) is 2. The molecule has 1 aliphatic rings. The Morgan fingerprint density at radius 3 is 2.61 bits per heavy atom. The molecule has 0 fully saturated rings. The van der Waals surface area contributed by atoms with Crippen LogP contribution in [0.1, 0.15) is 32.6 Å². The van der Waals surface area contributed by atoms with Gasteiger partial charge in [-0.3, -0.25) is 4.72 Å². The number of benzene rings is 3. The van der Waals surface area contributed by atoms with Gasteiger partial charge in [0, 0.05) is 11.3 Å². The summed E-state index contributed by atoms with van der Waals surface area (Å²) in [5, 5.41) is 0. The average Bonchev–Trinajstić information content (AvgIpc) is 2.89. The summed E-state index contributed by atoms with van der Waals surface area (Å²) in [7, 11) is -2.05. The summed E-state index contributed by atoms with van der Waals surface area (Å²) in [6.45, 7) is 0.397. The Morgan fingerprint density at radius 1 is 1.03 bits per heavy atom. The number of methoxy groups -OCH3 is 1. The highest BCUT2D eigenvalue weighted by molar-refractivity contribution is 7.92. The maximum absolute atomic E-state index is 12.1. The smallest absolute Gasteiger partial charge is 0.337 e. The largest absolute Gasteiger partial charge is 0.488 e. The second kappa shape index (κ2) is 8.28. The molecule has 158 valence electrons. The number of hydrogen-bond acceptors (Lipinski definition) is 5. The van der Waals surface area contributed by atoms with E-state index in [0.29, 0.717) is 23.6 Å². The van der Waals surface area contributed by atoms with Gasteiger partial charge in [-0.05, 0) is 58.7 Å². The van der Waals surface area contributed by atoms with Crippen molar-refractivity contribution in [3.8, 4) is 5.75 Å².